The van der Waals surface area contributed by atoms with Crippen molar-refractivity contribution in [1.82, 2.24) is 0 Å². The molecule has 1 aliphatic heterocycles. The Morgan fingerprint density at radius 2 is 1.80 bits per heavy atom. The van der Waals surface area contributed by atoms with Crippen LogP contribution in [0.5, 0.6) is 5.75 Å². The van der Waals surface area contributed by atoms with E-state index in [-0.39, 0.29) is 11.6 Å². The number of nitrogens with zero attached hydrogens (tertiary/aromatic N) is 1. The summed E-state index contributed by atoms with van der Waals surface area (Å²) in [4.78, 5) is 16.5. The maximum absolute atomic E-state index is 12.2. The number of cyclic esters (lactones) is 1. The SMILES string of the molecule is Cc1cccc(COc2ccc(/C=C3\N=C(c4ccc(Cl)c(Cl)c4)OC3=O)cc2)c1. The van der Waals surface area contributed by atoms with Gasteiger partial charge in [-0.05, 0) is 54.5 Å². The maximum atomic E-state index is 12.2. The van der Waals surface area contributed by atoms with Crippen LogP contribution in [0, 0.1) is 6.92 Å². The van der Waals surface area contributed by atoms with Crippen molar-refractivity contribution in [3.8, 4) is 5.75 Å². The van der Waals surface area contributed by atoms with Crippen LogP contribution >= 0.6 is 23.2 Å². The number of aliphatic imine (C=N–C) groups is 1. The summed E-state index contributed by atoms with van der Waals surface area (Å²) >= 11 is 12.0. The van der Waals surface area contributed by atoms with Crippen LogP contribution in [0.3, 0.4) is 0 Å². The highest BCUT2D eigenvalue weighted by molar-refractivity contribution is 6.42. The molecule has 0 unspecified atom stereocenters. The van der Waals surface area contributed by atoms with Crippen LogP contribution in [0.15, 0.2) is 77.4 Å². The van der Waals surface area contributed by atoms with Gasteiger partial charge in [0.1, 0.15) is 12.4 Å². The molecule has 6 heteroatoms. The van der Waals surface area contributed by atoms with E-state index in [0.29, 0.717) is 22.2 Å². The van der Waals surface area contributed by atoms with Gasteiger partial charge in [0.15, 0.2) is 5.70 Å². The van der Waals surface area contributed by atoms with Gasteiger partial charge in [0.05, 0.1) is 10.0 Å². The number of hydrogen-bond donors (Lipinski definition) is 0. The molecular formula is C24H17Cl2NO3. The highest BCUT2D eigenvalue weighted by Gasteiger charge is 2.24. The van der Waals surface area contributed by atoms with Gasteiger partial charge in [-0.2, -0.15) is 0 Å². The molecule has 4 rings (SSSR count). The van der Waals surface area contributed by atoms with Crippen molar-refractivity contribution in [2.75, 3.05) is 0 Å². The number of esters is 1. The number of aryl methyl sites for hydroxylation is 1. The summed E-state index contributed by atoms with van der Waals surface area (Å²) in [7, 11) is 0. The molecule has 0 aromatic heterocycles. The third-order valence-corrected chi connectivity index (χ3v) is 5.20. The number of carbonyl (C=O) groups is 1. The fourth-order valence-electron chi connectivity index (χ4n) is 2.95. The predicted octanol–water partition coefficient (Wildman–Crippen LogP) is 6.23. The predicted molar refractivity (Wildman–Crippen MR) is 119 cm³/mol. The molecule has 0 N–H and O–H groups in total. The van der Waals surface area contributed by atoms with Gasteiger partial charge in [-0.1, -0.05) is 65.2 Å². The van der Waals surface area contributed by atoms with Crippen LogP contribution in [-0.4, -0.2) is 11.9 Å². The number of benzene rings is 3. The van der Waals surface area contributed by atoms with Crippen LogP contribution < -0.4 is 4.74 Å². The summed E-state index contributed by atoms with van der Waals surface area (Å²) in [5.74, 6) is 0.423. The molecule has 1 aliphatic rings. The first-order valence-electron chi connectivity index (χ1n) is 9.24. The summed E-state index contributed by atoms with van der Waals surface area (Å²) < 4.78 is 11.1. The Morgan fingerprint density at radius 3 is 2.53 bits per heavy atom. The van der Waals surface area contributed by atoms with Crippen LogP contribution in [0.25, 0.3) is 6.08 Å². The van der Waals surface area contributed by atoms with E-state index in [1.807, 2.05) is 36.4 Å². The van der Waals surface area contributed by atoms with Gasteiger partial charge in [-0.25, -0.2) is 9.79 Å². The van der Waals surface area contributed by atoms with Crippen molar-refractivity contribution in [3.63, 3.8) is 0 Å². The first-order valence-corrected chi connectivity index (χ1v) is 10.00. The summed E-state index contributed by atoms with van der Waals surface area (Å²) in [5.41, 5.74) is 3.91. The van der Waals surface area contributed by atoms with Crippen molar-refractivity contribution < 1.29 is 14.3 Å². The number of rotatable bonds is 5. The van der Waals surface area contributed by atoms with Gasteiger partial charge >= 0.3 is 5.97 Å². The molecule has 0 atom stereocenters. The molecule has 0 aliphatic carbocycles. The molecule has 150 valence electrons. The van der Waals surface area contributed by atoms with E-state index in [4.69, 9.17) is 32.7 Å². The molecule has 0 spiro atoms. The number of ether oxygens (including phenoxy) is 2. The summed E-state index contributed by atoms with van der Waals surface area (Å²) in [6, 6.07) is 20.5. The molecule has 0 amide bonds. The van der Waals surface area contributed by atoms with Gasteiger partial charge in [0.25, 0.3) is 0 Å². The lowest BCUT2D eigenvalue weighted by Gasteiger charge is -2.07. The quantitative estimate of drug-likeness (QED) is 0.351. The Kier molecular flexibility index (Phi) is 5.88. The molecule has 0 fully saturated rings. The minimum Gasteiger partial charge on any atom is -0.489 e. The first kappa shape index (κ1) is 20.2. The zero-order valence-electron chi connectivity index (χ0n) is 16.1. The number of carbonyl (C=O) groups excluding carboxylic acids is 1. The molecule has 0 saturated carbocycles. The summed E-state index contributed by atoms with van der Waals surface area (Å²) in [6.45, 7) is 2.54. The zero-order valence-corrected chi connectivity index (χ0v) is 17.6. The molecule has 4 nitrogen and oxygen atoms in total. The van der Waals surface area contributed by atoms with Crippen LogP contribution in [-0.2, 0) is 16.1 Å². The largest absolute Gasteiger partial charge is 0.489 e. The molecule has 3 aromatic rings. The molecule has 3 aromatic carbocycles. The Balaban J connectivity index is 1.46. The van der Waals surface area contributed by atoms with E-state index in [2.05, 4.69) is 24.0 Å². The normalized spacial score (nSPS) is 14.6. The Bertz CT molecular complexity index is 1170. The molecular weight excluding hydrogens is 421 g/mol. The standard InChI is InChI=1S/C24H17Cl2NO3/c1-15-3-2-4-17(11-15)14-29-19-8-5-16(6-9-19)12-22-24(28)30-23(27-22)18-7-10-20(25)21(26)13-18/h2-13H,14H2,1H3/b22-12-. The van der Waals surface area contributed by atoms with Crippen molar-refractivity contribution in [2.24, 2.45) is 4.99 Å². The molecule has 0 saturated heterocycles. The summed E-state index contributed by atoms with van der Waals surface area (Å²) in [5, 5.41) is 0.789. The van der Waals surface area contributed by atoms with Gasteiger partial charge in [-0.3, -0.25) is 0 Å². The van der Waals surface area contributed by atoms with E-state index in [0.717, 1.165) is 16.9 Å². The van der Waals surface area contributed by atoms with Crippen LogP contribution in [0.2, 0.25) is 10.0 Å². The Morgan fingerprint density at radius 1 is 1.00 bits per heavy atom. The monoisotopic (exact) mass is 437 g/mol. The highest BCUT2D eigenvalue weighted by Crippen LogP contribution is 2.26. The fourth-order valence-corrected chi connectivity index (χ4v) is 3.25. The lowest BCUT2D eigenvalue weighted by Crippen LogP contribution is -2.05. The lowest BCUT2D eigenvalue weighted by atomic mass is 10.1. The second kappa shape index (κ2) is 8.74. The van der Waals surface area contributed by atoms with Gasteiger partial charge in [0.2, 0.25) is 5.90 Å². The van der Waals surface area contributed by atoms with Crippen LogP contribution in [0.4, 0.5) is 0 Å². The topological polar surface area (TPSA) is 47.9 Å². The van der Waals surface area contributed by atoms with Crippen molar-refractivity contribution in [3.05, 3.63) is 105 Å². The van der Waals surface area contributed by atoms with E-state index in [9.17, 15) is 4.79 Å². The van der Waals surface area contributed by atoms with Crippen LogP contribution in [0.1, 0.15) is 22.3 Å². The third-order valence-electron chi connectivity index (χ3n) is 4.46. The average Bonchev–Trinajstić information content (AvgIpc) is 3.10. The first-order chi connectivity index (χ1) is 14.5. The van der Waals surface area contributed by atoms with E-state index >= 15 is 0 Å². The molecule has 30 heavy (non-hydrogen) atoms. The van der Waals surface area contributed by atoms with Crippen molar-refractivity contribution in [1.29, 1.82) is 0 Å². The molecule has 0 bridgehead atoms. The second-order valence-corrected chi connectivity index (χ2v) is 7.63. The summed E-state index contributed by atoms with van der Waals surface area (Å²) in [6.07, 6.45) is 1.66. The van der Waals surface area contributed by atoms with Gasteiger partial charge in [0, 0.05) is 5.56 Å². The maximum Gasteiger partial charge on any atom is 0.363 e. The third kappa shape index (κ3) is 4.73. The Labute approximate surface area is 184 Å². The second-order valence-electron chi connectivity index (χ2n) is 6.81. The minimum absolute atomic E-state index is 0.197. The van der Waals surface area contributed by atoms with Gasteiger partial charge in [-0.15, -0.1) is 0 Å². The Hall–Kier alpha value is -3.08. The van der Waals surface area contributed by atoms with Gasteiger partial charge < -0.3 is 9.47 Å². The highest BCUT2D eigenvalue weighted by atomic mass is 35.5. The van der Waals surface area contributed by atoms with Crippen molar-refractivity contribution >= 4 is 41.1 Å². The fraction of sp³-hybridized carbons (Fsp3) is 0.0833. The number of halogens is 2. The van der Waals surface area contributed by atoms with E-state index < -0.39 is 5.97 Å². The van der Waals surface area contributed by atoms with E-state index in [1.165, 1.54) is 5.56 Å². The molecule has 0 radical (unpaired) electrons. The minimum atomic E-state index is -0.518. The molecule has 1 heterocycles. The number of hydrogen-bond acceptors (Lipinski definition) is 4. The average molecular weight is 438 g/mol. The smallest absolute Gasteiger partial charge is 0.363 e. The zero-order chi connectivity index (χ0) is 21.1. The van der Waals surface area contributed by atoms with Crippen molar-refractivity contribution in [2.45, 2.75) is 13.5 Å². The lowest BCUT2D eigenvalue weighted by molar-refractivity contribution is -0.129. The van der Waals surface area contributed by atoms with E-state index in [1.54, 1.807) is 24.3 Å².